The molecule has 8 heteroatoms. The Balaban J connectivity index is 1.80. The molecule has 1 N–H and O–H groups in total. The van der Waals surface area contributed by atoms with Gasteiger partial charge >= 0.3 is 11.9 Å². The Labute approximate surface area is 227 Å². The monoisotopic (exact) mass is 532 g/mol. The van der Waals surface area contributed by atoms with Crippen LogP contribution < -0.4 is 10.1 Å². The van der Waals surface area contributed by atoms with Gasteiger partial charge in [-0.05, 0) is 74.7 Å². The molecule has 3 aromatic carbocycles. The van der Waals surface area contributed by atoms with Crippen LogP contribution in [0.25, 0.3) is 0 Å². The molecule has 38 heavy (non-hydrogen) atoms. The predicted molar refractivity (Wildman–Crippen MR) is 144 cm³/mol. The molecule has 0 heterocycles. The molecule has 0 radical (unpaired) electrons. The first-order valence-electron chi connectivity index (χ1n) is 12.1. The maximum atomic E-state index is 13.3. The largest absolute Gasteiger partial charge is 0.446 e. The summed E-state index contributed by atoms with van der Waals surface area (Å²) in [7, 11) is 0. The number of nitrogens with one attached hydrogen (secondary N) is 1. The second-order valence-electron chi connectivity index (χ2n) is 9.43. The van der Waals surface area contributed by atoms with Crippen LogP contribution in [0.4, 0.5) is 0 Å². The van der Waals surface area contributed by atoms with E-state index >= 15 is 0 Å². The van der Waals surface area contributed by atoms with Crippen LogP contribution in [0.1, 0.15) is 60.7 Å². The Kier molecular flexibility index (Phi) is 9.27. The number of ether oxygens (including phenoxy) is 2. The summed E-state index contributed by atoms with van der Waals surface area (Å²) in [6, 6.07) is 22.6. The number of hydrogen-bond acceptors (Lipinski definition) is 6. The minimum absolute atomic E-state index is 0.0329. The molecule has 0 saturated carbocycles. The Morgan fingerprint density at radius 2 is 1.71 bits per heavy atom. The van der Waals surface area contributed by atoms with E-state index in [-0.39, 0.29) is 17.2 Å². The highest BCUT2D eigenvalue weighted by Gasteiger charge is 2.35. The zero-order chi connectivity index (χ0) is 27.9. The third-order valence-electron chi connectivity index (χ3n) is 6.03. The van der Waals surface area contributed by atoms with E-state index < -0.39 is 29.5 Å². The van der Waals surface area contributed by atoms with Crippen LogP contribution in [-0.2, 0) is 20.7 Å². The fourth-order valence-electron chi connectivity index (χ4n) is 3.99. The van der Waals surface area contributed by atoms with Gasteiger partial charge in [0.05, 0.1) is 11.6 Å². The van der Waals surface area contributed by atoms with Crippen molar-refractivity contribution in [1.29, 1.82) is 5.26 Å². The highest BCUT2D eigenvalue weighted by atomic mass is 35.5. The molecule has 7 nitrogen and oxygen atoms in total. The van der Waals surface area contributed by atoms with Crippen molar-refractivity contribution in [3.8, 4) is 11.8 Å². The van der Waals surface area contributed by atoms with Gasteiger partial charge in [-0.2, -0.15) is 5.26 Å². The average molecular weight is 533 g/mol. The third-order valence-corrected chi connectivity index (χ3v) is 6.28. The number of halogens is 1. The lowest BCUT2D eigenvalue weighted by molar-refractivity contribution is -0.138. The van der Waals surface area contributed by atoms with Crippen molar-refractivity contribution >= 4 is 29.4 Å². The van der Waals surface area contributed by atoms with E-state index in [1.165, 1.54) is 32.9 Å². The highest BCUT2D eigenvalue weighted by molar-refractivity contribution is 6.30. The van der Waals surface area contributed by atoms with Gasteiger partial charge in [-0.25, -0.2) is 4.79 Å². The molecule has 1 amide bonds. The van der Waals surface area contributed by atoms with Gasteiger partial charge in [0.15, 0.2) is 5.60 Å². The molecule has 0 saturated heterocycles. The summed E-state index contributed by atoms with van der Waals surface area (Å²) in [5.74, 6) is -2.02. The third kappa shape index (κ3) is 7.44. The van der Waals surface area contributed by atoms with Crippen molar-refractivity contribution in [2.75, 3.05) is 0 Å². The van der Waals surface area contributed by atoms with Gasteiger partial charge < -0.3 is 14.8 Å². The van der Waals surface area contributed by atoms with E-state index in [0.29, 0.717) is 17.0 Å². The summed E-state index contributed by atoms with van der Waals surface area (Å²) < 4.78 is 10.7. The lowest BCUT2D eigenvalue weighted by Gasteiger charge is -2.30. The van der Waals surface area contributed by atoms with Crippen molar-refractivity contribution < 1.29 is 23.9 Å². The van der Waals surface area contributed by atoms with Crippen molar-refractivity contribution in [1.82, 2.24) is 5.32 Å². The van der Waals surface area contributed by atoms with Gasteiger partial charge in [0, 0.05) is 23.9 Å². The van der Waals surface area contributed by atoms with Crippen LogP contribution in [0.5, 0.6) is 5.75 Å². The summed E-state index contributed by atoms with van der Waals surface area (Å²) in [6.07, 6.45) is 0.573. The Morgan fingerprint density at radius 3 is 2.37 bits per heavy atom. The maximum Gasteiger partial charge on any atom is 0.342 e. The topological polar surface area (TPSA) is 105 Å². The van der Waals surface area contributed by atoms with Gasteiger partial charge in [-0.3, -0.25) is 9.59 Å². The SMILES string of the molecule is CC(=O)Oc1ccccc1C(=O)OC(C)(C)C(=O)NC(C)C(Cc1ccc(Cl)cc1)c1cccc(C#N)c1. The number of carbonyl (C=O) groups is 3. The first kappa shape index (κ1) is 28.4. The smallest absolute Gasteiger partial charge is 0.342 e. The minimum atomic E-state index is -1.53. The second-order valence-corrected chi connectivity index (χ2v) is 9.86. The minimum Gasteiger partial charge on any atom is -0.446 e. The fraction of sp³-hybridized carbons (Fsp3) is 0.267. The molecule has 3 aromatic rings. The van der Waals surface area contributed by atoms with Crippen LogP contribution in [0, 0.1) is 11.3 Å². The van der Waals surface area contributed by atoms with E-state index in [1.54, 1.807) is 36.4 Å². The summed E-state index contributed by atoms with van der Waals surface area (Å²) in [5, 5.41) is 13.0. The zero-order valence-electron chi connectivity index (χ0n) is 21.7. The molecular formula is C30H29ClN2O5. The molecule has 196 valence electrons. The molecule has 0 aliphatic carbocycles. The molecular weight excluding hydrogens is 504 g/mol. The Hall–Kier alpha value is -4.15. The second kappa shape index (κ2) is 12.4. The lowest BCUT2D eigenvalue weighted by atomic mass is 9.85. The number of hydrogen-bond donors (Lipinski definition) is 1. The molecule has 0 aliphatic rings. The Bertz CT molecular complexity index is 1360. The highest BCUT2D eigenvalue weighted by Crippen LogP contribution is 2.28. The number of nitrogens with zero attached hydrogens (tertiary/aromatic N) is 1. The number of carbonyl (C=O) groups excluding carboxylic acids is 3. The number of rotatable bonds is 9. The molecule has 0 aromatic heterocycles. The lowest BCUT2D eigenvalue weighted by Crippen LogP contribution is -2.50. The van der Waals surface area contributed by atoms with Crippen LogP contribution in [0.2, 0.25) is 5.02 Å². The Morgan fingerprint density at radius 1 is 1.03 bits per heavy atom. The van der Waals surface area contributed by atoms with Crippen molar-refractivity contribution in [3.63, 3.8) is 0 Å². The van der Waals surface area contributed by atoms with E-state index in [2.05, 4.69) is 11.4 Å². The summed E-state index contributed by atoms with van der Waals surface area (Å²) in [4.78, 5) is 37.6. The van der Waals surface area contributed by atoms with E-state index in [9.17, 15) is 19.6 Å². The number of nitriles is 1. The molecule has 0 fully saturated rings. The number of para-hydroxylation sites is 1. The molecule has 0 aliphatic heterocycles. The summed E-state index contributed by atoms with van der Waals surface area (Å²) >= 11 is 6.05. The van der Waals surface area contributed by atoms with Crippen LogP contribution in [0.3, 0.4) is 0 Å². The van der Waals surface area contributed by atoms with Crippen LogP contribution in [-0.4, -0.2) is 29.5 Å². The van der Waals surface area contributed by atoms with Gasteiger partial charge in [-0.15, -0.1) is 0 Å². The van der Waals surface area contributed by atoms with Crippen LogP contribution in [0.15, 0.2) is 72.8 Å². The quantitative estimate of drug-likeness (QED) is 0.284. The summed E-state index contributed by atoms with van der Waals surface area (Å²) in [6.45, 7) is 6.08. The maximum absolute atomic E-state index is 13.3. The van der Waals surface area contributed by atoms with Crippen LogP contribution >= 0.6 is 11.6 Å². The van der Waals surface area contributed by atoms with Crippen molar-refractivity contribution in [3.05, 3.63) is 100 Å². The van der Waals surface area contributed by atoms with Crippen molar-refractivity contribution in [2.45, 2.75) is 51.7 Å². The van der Waals surface area contributed by atoms with E-state index in [0.717, 1.165) is 11.1 Å². The molecule has 0 bridgehead atoms. The normalized spacial score (nSPS) is 12.5. The van der Waals surface area contributed by atoms with E-state index in [1.807, 2.05) is 31.2 Å². The fourth-order valence-corrected chi connectivity index (χ4v) is 4.12. The van der Waals surface area contributed by atoms with Gasteiger partial charge in [0.25, 0.3) is 5.91 Å². The number of benzene rings is 3. The zero-order valence-corrected chi connectivity index (χ0v) is 22.4. The number of amides is 1. The van der Waals surface area contributed by atoms with E-state index in [4.69, 9.17) is 21.1 Å². The predicted octanol–water partition coefficient (Wildman–Crippen LogP) is 5.60. The molecule has 3 rings (SSSR count). The average Bonchev–Trinajstić information content (AvgIpc) is 2.87. The first-order chi connectivity index (χ1) is 18.0. The molecule has 0 spiro atoms. The first-order valence-corrected chi connectivity index (χ1v) is 12.4. The standard InChI is InChI=1S/C30H29ClN2O5/c1-19(26(17-21-12-14-24(31)15-13-21)23-9-7-8-22(16-23)18-32)33-29(36)30(3,4)38-28(35)25-10-5-6-11-27(25)37-20(2)34/h5-16,19,26H,17H2,1-4H3,(H,33,36). The van der Waals surface area contributed by atoms with Crippen molar-refractivity contribution in [2.24, 2.45) is 0 Å². The number of esters is 2. The molecule has 2 unspecified atom stereocenters. The van der Waals surface area contributed by atoms with Gasteiger partial charge in [0.2, 0.25) is 0 Å². The molecule has 2 atom stereocenters. The summed E-state index contributed by atoms with van der Waals surface area (Å²) in [5.41, 5.74) is 0.912. The van der Waals surface area contributed by atoms with Gasteiger partial charge in [-0.1, -0.05) is 48.0 Å². The van der Waals surface area contributed by atoms with Gasteiger partial charge in [0.1, 0.15) is 11.3 Å².